The summed E-state index contributed by atoms with van der Waals surface area (Å²) < 4.78 is 37.8. The van der Waals surface area contributed by atoms with Crippen LogP contribution in [-0.2, 0) is 20.2 Å². The Bertz CT molecular complexity index is 1250. The van der Waals surface area contributed by atoms with E-state index < -0.39 is 10.0 Å². The van der Waals surface area contributed by atoms with Crippen LogP contribution in [0.2, 0.25) is 0 Å². The van der Waals surface area contributed by atoms with Gasteiger partial charge < -0.3 is 14.8 Å². The van der Waals surface area contributed by atoms with Gasteiger partial charge in [0, 0.05) is 0 Å². The normalized spacial score (nSPS) is 28.5. The fourth-order valence-electron chi connectivity index (χ4n) is 7.68. The molecule has 7 nitrogen and oxygen atoms in total. The third-order valence-corrected chi connectivity index (χ3v) is 10.1. The Kier molecular flexibility index (Phi) is 6.13. The predicted molar refractivity (Wildman–Crippen MR) is 142 cm³/mol. The molecular formula is C29H36N2O5S. The lowest BCUT2D eigenvalue weighted by Gasteiger charge is -2.57. The van der Waals surface area contributed by atoms with E-state index in [1.54, 1.807) is 0 Å². The van der Waals surface area contributed by atoms with Crippen molar-refractivity contribution in [1.82, 2.24) is 5.32 Å². The van der Waals surface area contributed by atoms with Crippen molar-refractivity contribution in [3.63, 3.8) is 0 Å². The van der Waals surface area contributed by atoms with Crippen LogP contribution in [0.1, 0.15) is 62.6 Å². The van der Waals surface area contributed by atoms with Gasteiger partial charge in [-0.2, -0.15) is 0 Å². The summed E-state index contributed by atoms with van der Waals surface area (Å²) in [6.45, 7) is 2.60. The first-order valence-corrected chi connectivity index (χ1v) is 15.3. The summed E-state index contributed by atoms with van der Waals surface area (Å²) in [4.78, 5) is 13.0. The van der Waals surface area contributed by atoms with Crippen molar-refractivity contribution >= 4 is 21.6 Å². The summed E-state index contributed by atoms with van der Waals surface area (Å²) in [5.41, 5.74) is 2.97. The van der Waals surface area contributed by atoms with Crippen LogP contribution < -0.4 is 19.1 Å². The first-order chi connectivity index (χ1) is 17.7. The fourth-order valence-corrected chi connectivity index (χ4v) is 8.53. The number of carbonyl (C=O) groups excluding carboxylic acids is 1. The second kappa shape index (κ2) is 9.22. The number of sulfonamides is 1. The molecule has 4 bridgehead atoms. The van der Waals surface area contributed by atoms with Crippen LogP contribution >= 0.6 is 0 Å². The monoisotopic (exact) mass is 524 g/mol. The van der Waals surface area contributed by atoms with Crippen LogP contribution in [-0.4, -0.2) is 40.3 Å². The van der Waals surface area contributed by atoms with Crippen molar-refractivity contribution in [2.75, 3.05) is 30.3 Å². The van der Waals surface area contributed by atoms with E-state index in [4.69, 9.17) is 9.47 Å². The number of anilines is 1. The summed E-state index contributed by atoms with van der Waals surface area (Å²) in [5, 5.41) is 2.93. The number of nitrogens with zero attached hydrogens (tertiary/aromatic N) is 1. The molecule has 1 unspecified atom stereocenters. The number of amides is 1. The minimum absolute atomic E-state index is 0.250. The van der Waals surface area contributed by atoms with Gasteiger partial charge in [-0.1, -0.05) is 18.2 Å². The third-order valence-electron chi connectivity index (χ3n) is 8.94. The van der Waals surface area contributed by atoms with E-state index >= 15 is 0 Å². The summed E-state index contributed by atoms with van der Waals surface area (Å²) in [7, 11) is -3.65. The molecule has 1 amide bonds. The number of ether oxygens (including phenoxy) is 2. The lowest BCUT2D eigenvalue weighted by Crippen LogP contribution is -2.48. The highest BCUT2D eigenvalue weighted by molar-refractivity contribution is 7.92. The van der Waals surface area contributed by atoms with Gasteiger partial charge in [0.15, 0.2) is 11.5 Å². The Labute approximate surface area is 219 Å². The largest absolute Gasteiger partial charge is 0.486 e. The second-order valence-electron chi connectivity index (χ2n) is 11.7. The number of nitrogens with one attached hydrogen (secondary N) is 1. The molecule has 1 atom stereocenters. The van der Waals surface area contributed by atoms with Gasteiger partial charge in [-0.15, -0.1) is 0 Å². The van der Waals surface area contributed by atoms with Gasteiger partial charge in [0.1, 0.15) is 19.8 Å². The number of fused-ring (bicyclic) bond motifs is 1. The van der Waals surface area contributed by atoms with Crippen LogP contribution in [0.5, 0.6) is 11.5 Å². The lowest BCUT2D eigenvalue weighted by molar-refractivity contribution is -0.120. The summed E-state index contributed by atoms with van der Waals surface area (Å²) in [6.07, 6.45) is 9.09. The van der Waals surface area contributed by atoms with Crippen molar-refractivity contribution in [3.05, 3.63) is 53.6 Å². The molecule has 8 heteroatoms. The maximum atomic E-state index is 13.0. The minimum atomic E-state index is -3.65. The van der Waals surface area contributed by atoms with Crippen molar-refractivity contribution in [2.45, 2.75) is 56.9 Å². The number of carbonyl (C=O) groups is 1. The molecule has 4 saturated carbocycles. The van der Waals surface area contributed by atoms with E-state index in [0.29, 0.717) is 30.4 Å². The summed E-state index contributed by atoms with van der Waals surface area (Å²) in [6, 6.07) is 13.2. The number of hydrogen-bond acceptors (Lipinski definition) is 5. The molecular weight excluding hydrogens is 488 g/mol. The SMILES string of the molecule is CC(NC(=O)CN(c1ccc(C23CC4CC(CC(C4)C2)C3)cc1)S(C)(=O)=O)c1ccc2c(c1)OCCO2. The first-order valence-electron chi connectivity index (χ1n) is 13.5. The van der Waals surface area contributed by atoms with Crippen molar-refractivity contribution in [3.8, 4) is 11.5 Å². The van der Waals surface area contributed by atoms with Gasteiger partial charge in [0.25, 0.3) is 0 Å². The second-order valence-corrected chi connectivity index (χ2v) is 13.6. The molecule has 2 aromatic rings. The minimum Gasteiger partial charge on any atom is -0.486 e. The summed E-state index contributed by atoms with van der Waals surface area (Å²) in [5.74, 6) is 3.52. The van der Waals surface area contributed by atoms with Crippen LogP contribution in [0.3, 0.4) is 0 Å². The van der Waals surface area contributed by atoms with Crippen LogP contribution in [0.4, 0.5) is 5.69 Å². The van der Waals surface area contributed by atoms with Gasteiger partial charge in [-0.3, -0.25) is 9.10 Å². The first kappa shape index (κ1) is 24.6. The maximum Gasteiger partial charge on any atom is 0.241 e. The van der Waals surface area contributed by atoms with Gasteiger partial charge in [-0.25, -0.2) is 8.42 Å². The Balaban J connectivity index is 1.16. The molecule has 4 fully saturated rings. The molecule has 4 aliphatic carbocycles. The van der Waals surface area contributed by atoms with E-state index in [9.17, 15) is 13.2 Å². The molecule has 37 heavy (non-hydrogen) atoms. The van der Waals surface area contributed by atoms with Crippen LogP contribution in [0.25, 0.3) is 0 Å². The number of benzene rings is 2. The molecule has 1 aliphatic heterocycles. The molecule has 2 aromatic carbocycles. The predicted octanol–water partition coefficient (Wildman–Crippen LogP) is 4.57. The molecule has 1 N–H and O–H groups in total. The van der Waals surface area contributed by atoms with Crippen molar-refractivity contribution in [2.24, 2.45) is 17.8 Å². The van der Waals surface area contributed by atoms with Gasteiger partial charge in [0.2, 0.25) is 15.9 Å². The number of rotatable bonds is 7. The van der Waals surface area contributed by atoms with E-state index in [1.807, 2.05) is 37.3 Å². The quantitative estimate of drug-likeness (QED) is 0.574. The maximum absolute atomic E-state index is 13.0. The van der Waals surface area contributed by atoms with E-state index in [1.165, 1.54) is 48.4 Å². The number of hydrogen-bond donors (Lipinski definition) is 1. The highest BCUT2D eigenvalue weighted by Gasteiger charge is 2.51. The van der Waals surface area contributed by atoms with Crippen molar-refractivity contribution < 1.29 is 22.7 Å². The molecule has 198 valence electrons. The van der Waals surface area contributed by atoms with E-state index in [2.05, 4.69) is 17.4 Å². The van der Waals surface area contributed by atoms with E-state index in [0.717, 1.165) is 29.6 Å². The highest BCUT2D eigenvalue weighted by Crippen LogP contribution is 2.60. The van der Waals surface area contributed by atoms with E-state index in [-0.39, 0.29) is 23.9 Å². The summed E-state index contributed by atoms with van der Waals surface area (Å²) >= 11 is 0. The van der Waals surface area contributed by atoms with Crippen LogP contribution in [0.15, 0.2) is 42.5 Å². The Hall–Kier alpha value is -2.74. The Morgan fingerprint density at radius 3 is 2.16 bits per heavy atom. The molecule has 0 aromatic heterocycles. The average molecular weight is 525 g/mol. The highest BCUT2D eigenvalue weighted by atomic mass is 32.2. The Morgan fingerprint density at radius 2 is 1.57 bits per heavy atom. The standard InChI is InChI=1S/C29H36N2O5S/c1-19(23-3-8-26-27(14-23)36-10-9-35-26)30-28(32)18-31(37(2,33)34)25-6-4-24(5-7-25)29-15-20-11-21(16-29)13-22(12-20)17-29/h3-8,14,19-22H,9-13,15-18H2,1-2H3,(H,30,32). The van der Waals surface area contributed by atoms with Crippen LogP contribution in [0, 0.1) is 17.8 Å². The lowest BCUT2D eigenvalue weighted by atomic mass is 9.48. The Morgan fingerprint density at radius 1 is 0.973 bits per heavy atom. The van der Waals surface area contributed by atoms with Gasteiger partial charge >= 0.3 is 0 Å². The molecule has 1 heterocycles. The average Bonchev–Trinajstić information content (AvgIpc) is 2.85. The smallest absolute Gasteiger partial charge is 0.241 e. The van der Waals surface area contributed by atoms with Crippen molar-refractivity contribution in [1.29, 1.82) is 0 Å². The van der Waals surface area contributed by atoms with Gasteiger partial charge in [-0.05, 0) is 104 Å². The fraction of sp³-hybridized carbons (Fsp3) is 0.552. The topological polar surface area (TPSA) is 84.9 Å². The third kappa shape index (κ3) is 4.80. The molecule has 5 aliphatic rings. The molecule has 0 spiro atoms. The zero-order valence-electron chi connectivity index (χ0n) is 21.6. The molecule has 0 radical (unpaired) electrons. The zero-order chi connectivity index (χ0) is 25.8. The molecule has 7 rings (SSSR count). The molecule has 0 saturated heterocycles. The zero-order valence-corrected chi connectivity index (χ0v) is 22.4. The van der Waals surface area contributed by atoms with Gasteiger partial charge in [0.05, 0.1) is 18.0 Å².